The van der Waals surface area contributed by atoms with Gasteiger partial charge in [0.15, 0.2) is 0 Å². The Morgan fingerprint density at radius 1 is 1.00 bits per heavy atom. The summed E-state index contributed by atoms with van der Waals surface area (Å²) in [5, 5.41) is 35.6. The van der Waals surface area contributed by atoms with Gasteiger partial charge in [-0.15, -0.1) is 0 Å². The van der Waals surface area contributed by atoms with Crippen molar-refractivity contribution in [3.8, 4) is 6.07 Å². The van der Waals surface area contributed by atoms with Gasteiger partial charge in [-0.1, -0.05) is 12.1 Å². The zero-order valence-electron chi connectivity index (χ0n) is 13.1. The number of nitro groups is 2. The third-order valence-corrected chi connectivity index (χ3v) is 3.12. The minimum Gasteiger partial charge on any atom is -0.360 e. The Kier molecular flexibility index (Phi) is 5.58. The molecule has 2 N–H and O–H groups in total. The number of nitriles is 1. The molecule has 10 heteroatoms. The molecule has 0 heterocycles. The van der Waals surface area contributed by atoms with Crippen LogP contribution >= 0.6 is 0 Å². The van der Waals surface area contributed by atoms with E-state index in [2.05, 4.69) is 10.6 Å². The Hall–Kier alpha value is -4.26. The van der Waals surface area contributed by atoms with Crippen molar-refractivity contribution in [3.63, 3.8) is 0 Å². The van der Waals surface area contributed by atoms with Crippen molar-refractivity contribution < 1.29 is 14.6 Å². The Morgan fingerprint density at radius 2 is 1.54 bits per heavy atom. The molecule has 2 aromatic rings. The van der Waals surface area contributed by atoms with Crippen LogP contribution < -0.4 is 10.6 Å². The Labute approximate surface area is 146 Å². The quantitative estimate of drug-likeness (QED) is 0.350. The molecule has 0 fully saturated rings. The molecule has 0 aliphatic heterocycles. The predicted octanol–water partition coefficient (Wildman–Crippen LogP) is 2.96. The van der Waals surface area contributed by atoms with Crippen molar-refractivity contribution in [2.75, 3.05) is 10.6 Å². The van der Waals surface area contributed by atoms with Crippen molar-refractivity contribution in [1.29, 1.82) is 5.26 Å². The van der Waals surface area contributed by atoms with Gasteiger partial charge in [-0.2, -0.15) is 5.26 Å². The Balaban J connectivity index is 2.13. The van der Waals surface area contributed by atoms with Gasteiger partial charge < -0.3 is 10.6 Å². The Morgan fingerprint density at radius 3 is 2.08 bits per heavy atom. The van der Waals surface area contributed by atoms with Gasteiger partial charge in [-0.25, -0.2) is 0 Å². The van der Waals surface area contributed by atoms with Crippen LogP contribution in [0.15, 0.2) is 60.3 Å². The van der Waals surface area contributed by atoms with Crippen LogP contribution in [0.25, 0.3) is 0 Å². The van der Waals surface area contributed by atoms with E-state index >= 15 is 0 Å². The second kappa shape index (κ2) is 8.02. The highest BCUT2D eigenvalue weighted by molar-refractivity contribution is 6.06. The first-order valence-corrected chi connectivity index (χ1v) is 7.08. The van der Waals surface area contributed by atoms with Crippen molar-refractivity contribution in [1.82, 2.24) is 0 Å². The van der Waals surface area contributed by atoms with Crippen molar-refractivity contribution in [3.05, 3.63) is 80.5 Å². The van der Waals surface area contributed by atoms with E-state index in [0.717, 1.165) is 12.3 Å². The lowest BCUT2D eigenvalue weighted by molar-refractivity contribution is -0.385. The number of hydrogen-bond acceptors (Lipinski definition) is 7. The van der Waals surface area contributed by atoms with Crippen molar-refractivity contribution in [2.45, 2.75) is 0 Å². The summed E-state index contributed by atoms with van der Waals surface area (Å²) in [7, 11) is 0. The highest BCUT2D eigenvalue weighted by atomic mass is 16.6. The van der Waals surface area contributed by atoms with Gasteiger partial charge in [0, 0.05) is 41.8 Å². The number of hydrogen-bond donors (Lipinski definition) is 2. The van der Waals surface area contributed by atoms with Crippen LogP contribution in [0.5, 0.6) is 0 Å². The first-order chi connectivity index (χ1) is 12.4. The van der Waals surface area contributed by atoms with E-state index < -0.39 is 15.8 Å². The van der Waals surface area contributed by atoms with Gasteiger partial charge >= 0.3 is 0 Å². The van der Waals surface area contributed by atoms with Crippen molar-refractivity contribution in [2.24, 2.45) is 0 Å². The molecule has 0 saturated carbocycles. The molecule has 130 valence electrons. The fourth-order valence-corrected chi connectivity index (χ4v) is 1.91. The number of rotatable bonds is 6. The van der Waals surface area contributed by atoms with Gasteiger partial charge in [0.1, 0.15) is 11.6 Å². The van der Waals surface area contributed by atoms with Gasteiger partial charge in [0.25, 0.3) is 17.3 Å². The van der Waals surface area contributed by atoms with Crippen LogP contribution in [0.4, 0.5) is 22.7 Å². The molecule has 0 aliphatic carbocycles. The number of non-ortho nitro benzene ring substituents is 2. The molecule has 26 heavy (non-hydrogen) atoms. The van der Waals surface area contributed by atoms with E-state index in [0.29, 0.717) is 5.69 Å². The van der Waals surface area contributed by atoms with E-state index in [9.17, 15) is 25.0 Å². The Bertz CT molecular complexity index is 948. The lowest BCUT2D eigenvalue weighted by Gasteiger charge is -2.05. The summed E-state index contributed by atoms with van der Waals surface area (Å²) in [6, 6.07) is 12.4. The first kappa shape index (κ1) is 18.1. The summed E-state index contributed by atoms with van der Waals surface area (Å²) in [4.78, 5) is 32.4. The summed E-state index contributed by atoms with van der Waals surface area (Å²) >= 11 is 0. The minimum atomic E-state index is -0.786. The second-order valence-electron chi connectivity index (χ2n) is 4.88. The van der Waals surface area contributed by atoms with Crippen LogP contribution in [0.2, 0.25) is 0 Å². The normalized spacial score (nSPS) is 10.5. The fourth-order valence-electron chi connectivity index (χ4n) is 1.91. The van der Waals surface area contributed by atoms with Gasteiger partial charge in [-0.05, 0) is 12.1 Å². The number of nitrogens with one attached hydrogen (secondary N) is 2. The molecular weight excluding hydrogens is 342 g/mol. The number of anilines is 2. The van der Waals surface area contributed by atoms with E-state index in [4.69, 9.17) is 5.26 Å². The number of amides is 1. The molecule has 2 aromatic carbocycles. The molecule has 10 nitrogen and oxygen atoms in total. The highest BCUT2D eigenvalue weighted by Gasteiger charge is 2.12. The van der Waals surface area contributed by atoms with Crippen LogP contribution in [-0.4, -0.2) is 15.8 Å². The predicted molar refractivity (Wildman–Crippen MR) is 92.1 cm³/mol. The lowest BCUT2D eigenvalue weighted by Crippen LogP contribution is -2.14. The molecular formula is C16H11N5O5. The molecule has 0 aromatic heterocycles. The van der Waals surface area contributed by atoms with Gasteiger partial charge in [-0.3, -0.25) is 25.0 Å². The van der Waals surface area contributed by atoms with E-state index in [1.54, 1.807) is 6.07 Å². The topological polar surface area (TPSA) is 151 Å². The smallest absolute Gasteiger partial charge is 0.271 e. The third kappa shape index (κ3) is 4.62. The number of nitro benzene ring substituents is 2. The van der Waals surface area contributed by atoms with Crippen molar-refractivity contribution >= 4 is 28.7 Å². The molecule has 0 saturated heterocycles. The molecule has 0 spiro atoms. The second-order valence-corrected chi connectivity index (χ2v) is 4.88. The van der Waals surface area contributed by atoms with Crippen LogP contribution in [-0.2, 0) is 4.79 Å². The zero-order valence-corrected chi connectivity index (χ0v) is 13.1. The standard InChI is InChI=1S/C16H11N5O5/c17-9-11(10-18-12-3-1-5-14(7-12)20(23)24)16(22)19-13-4-2-6-15(8-13)21(25)26/h1-8,10,18H,(H,19,22)/b11-10-. The number of nitrogens with zero attached hydrogens (tertiary/aromatic N) is 3. The number of benzene rings is 2. The molecule has 0 atom stereocenters. The first-order valence-electron chi connectivity index (χ1n) is 7.08. The van der Waals surface area contributed by atoms with Crippen LogP contribution in [0, 0.1) is 31.6 Å². The average molecular weight is 353 g/mol. The zero-order chi connectivity index (χ0) is 19.1. The molecule has 0 radical (unpaired) electrons. The maximum absolute atomic E-state index is 12.1. The van der Waals surface area contributed by atoms with E-state index in [1.807, 2.05) is 0 Å². The summed E-state index contributed by atoms with van der Waals surface area (Å²) in [5.74, 6) is -0.786. The number of carbonyl (C=O) groups excluding carboxylic acids is 1. The summed E-state index contributed by atoms with van der Waals surface area (Å²) in [5.41, 5.74) is -0.207. The maximum atomic E-state index is 12.1. The fraction of sp³-hybridized carbons (Fsp3) is 0. The van der Waals surface area contributed by atoms with Crippen LogP contribution in [0.1, 0.15) is 0 Å². The molecule has 0 aliphatic rings. The molecule has 0 unspecified atom stereocenters. The maximum Gasteiger partial charge on any atom is 0.271 e. The largest absolute Gasteiger partial charge is 0.360 e. The lowest BCUT2D eigenvalue weighted by atomic mass is 10.2. The summed E-state index contributed by atoms with van der Waals surface area (Å²) < 4.78 is 0. The van der Waals surface area contributed by atoms with Crippen LogP contribution in [0.3, 0.4) is 0 Å². The minimum absolute atomic E-state index is 0.150. The van der Waals surface area contributed by atoms with E-state index in [1.165, 1.54) is 42.5 Å². The summed E-state index contributed by atoms with van der Waals surface area (Å²) in [6.07, 6.45) is 1.09. The average Bonchev–Trinajstić information content (AvgIpc) is 2.62. The van der Waals surface area contributed by atoms with E-state index in [-0.39, 0.29) is 22.6 Å². The molecule has 0 bridgehead atoms. The monoisotopic (exact) mass is 353 g/mol. The summed E-state index contributed by atoms with van der Waals surface area (Å²) in [6.45, 7) is 0. The SMILES string of the molecule is N#C/C(=C/Nc1cccc([N+](=O)[O-])c1)C(=O)Nc1cccc([N+](=O)[O-])c1. The highest BCUT2D eigenvalue weighted by Crippen LogP contribution is 2.19. The van der Waals surface area contributed by atoms with Gasteiger partial charge in [0.05, 0.1) is 9.85 Å². The number of carbonyl (C=O) groups is 1. The molecule has 2 rings (SSSR count). The third-order valence-electron chi connectivity index (χ3n) is 3.12. The van der Waals surface area contributed by atoms with Gasteiger partial charge in [0.2, 0.25) is 0 Å². The molecule has 1 amide bonds.